The number of nitrogens with zero attached hydrogens (tertiary/aromatic N) is 1. The number of hydrogen-bond acceptors (Lipinski definition) is 4. The Hall–Kier alpha value is -2.87. The highest BCUT2D eigenvalue weighted by Crippen LogP contribution is 2.20. The molecule has 8 heteroatoms. The van der Waals surface area contributed by atoms with Crippen LogP contribution < -0.4 is 14.9 Å². The Balaban J connectivity index is 2.02. The van der Waals surface area contributed by atoms with Gasteiger partial charge in [-0.3, -0.25) is 13.9 Å². The number of aryl methyl sites for hydroxylation is 1. The largest absolute Gasteiger partial charge is 0.347 e. The molecule has 0 saturated heterocycles. The molecule has 0 aromatic heterocycles. The van der Waals surface area contributed by atoms with Crippen LogP contribution in [0.4, 0.5) is 11.4 Å². The van der Waals surface area contributed by atoms with E-state index in [0.717, 1.165) is 11.8 Å². The van der Waals surface area contributed by atoms with E-state index in [4.69, 9.17) is 0 Å². The summed E-state index contributed by atoms with van der Waals surface area (Å²) in [4.78, 5) is 25.0. The monoisotopic (exact) mass is 445 g/mol. The minimum absolute atomic E-state index is 0.118. The number of sulfonamides is 1. The van der Waals surface area contributed by atoms with Gasteiger partial charge in [0.15, 0.2) is 0 Å². The molecule has 0 aliphatic rings. The summed E-state index contributed by atoms with van der Waals surface area (Å²) in [6, 6.07) is 14.0. The van der Waals surface area contributed by atoms with Crippen molar-refractivity contribution < 1.29 is 18.0 Å². The highest BCUT2D eigenvalue weighted by Gasteiger charge is 2.20. The molecule has 0 bridgehead atoms. The van der Waals surface area contributed by atoms with E-state index >= 15 is 0 Å². The van der Waals surface area contributed by atoms with E-state index < -0.39 is 15.6 Å². The number of carbonyl (C=O) groups is 2. The van der Waals surface area contributed by atoms with Gasteiger partial charge in [0.1, 0.15) is 0 Å². The van der Waals surface area contributed by atoms with E-state index in [1.165, 1.54) is 4.31 Å². The van der Waals surface area contributed by atoms with Crippen LogP contribution in [-0.2, 0) is 14.8 Å². The van der Waals surface area contributed by atoms with E-state index in [0.29, 0.717) is 23.4 Å². The molecule has 31 heavy (non-hydrogen) atoms. The SMILES string of the molecule is Cc1ccc(N(CCCC(=O)Nc2ccccc2C(=O)NC(C)(C)C)S(C)(=O)=O)cc1. The van der Waals surface area contributed by atoms with E-state index in [2.05, 4.69) is 10.6 Å². The number of para-hydroxylation sites is 1. The minimum Gasteiger partial charge on any atom is -0.347 e. The van der Waals surface area contributed by atoms with Crippen molar-refractivity contribution in [2.45, 2.75) is 46.1 Å². The zero-order valence-corrected chi connectivity index (χ0v) is 19.5. The van der Waals surface area contributed by atoms with Gasteiger partial charge >= 0.3 is 0 Å². The highest BCUT2D eigenvalue weighted by atomic mass is 32.2. The molecule has 0 spiro atoms. The van der Waals surface area contributed by atoms with Crippen molar-refractivity contribution in [2.75, 3.05) is 22.4 Å². The van der Waals surface area contributed by atoms with Gasteiger partial charge in [0, 0.05) is 18.5 Å². The molecular formula is C23H31N3O4S. The lowest BCUT2D eigenvalue weighted by molar-refractivity contribution is -0.116. The fourth-order valence-corrected chi connectivity index (χ4v) is 3.96. The fraction of sp³-hybridized carbons (Fsp3) is 0.391. The summed E-state index contributed by atoms with van der Waals surface area (Å²) in [5.74, 6) is -0.556. The molecule has 7 nitrogen and oxygen atoms in total. The van der Waals surface area contributed by atoms with E-state index in [1.807, 2.05) is 39.8 Å². The lowest BCUT2D eigenvalue weighted by atomic mass is 10.1. The van der Waals surface area contributed by atoms with E-state index in [1.54, 1.807) is 36.4 Å². The summed E-state index contributed by atoms with van der Waals surface area (Å²) in [5.41, 5.74) is 2.00. The topological polar surface area (TPSA) is 95.6 Å². The molecule has 2 aromatic rings. The lowest BCUT2D eigenvalue weighted by Crippen LogP contribution is -2.40. The highest BCUT2D eigenvalue weighted by molar-refractivity contribution is 7.92. The van der Waals surface area contributed by atoms with Crippen LogP contribution >= 0.6 is 0 Å². The number of hydrogen-bond donors (Lipinski definition) is 2. The van der Waals surface area contributed by atoms with Gasteiger partial charge in [0.05, 0.1) is 23.2 Å². The maximum absolute atomic E-state index is 12.5. The Bertz CT molecular complexity index is 1030. The summed E-state index contributed by atoms with van der Waals surface area (Å²) in [6.45, 7) is 7.76. The molecule has 0 atom stereocenters. The molecule has 2 N–H and O–H groups in total. The van der Waals surface area contributed by atoms with Gasteiger partial charge in [-0.1, -0.05) is 29.8 Å². The minimum atomic E-state index is -3.47. The summed E-state index contributed by atoms with van der Waals surface area (Å²) in [6.07, 6.45) is 1.60. The van der Waals surface area contributed by atoms with Crippen molar-refractivity contribution in [2.24, 2.45) is 0 Å². The van der Waals surface area contributed by atoms with Crippen molar-refractivity contribution in [1.82, 2.24) is 5.32 Å². The molecule has 168 valence electrons. The number of rotatable bonds is 8. The molecule has 2 aromatic carbocycles. The molecule has 0 aliphatic carbocycles. The zero-order chi connectivity index (χ0) is 23.2. The first-order chi connectivity index (χ1) is 14.4. The van der Waals surface area contributed by atoms with Gasteiger partial charge in [-0.15, -0.1) is 0 Å². The van der Waals surface area contributed by atoms with Crippen LogP contribution in [0.2, 0.25) is 0 Å². The van der Waals surface area contributed by atoms with Crippen LogP contribution in [0.3, 0.4) is 0 Å². The van der Waals surface area contributed by atoms with Crippen LogP contribution in [0.1, 0.15) is 49.5 Å². The average Bonchev–Trinajstić information content (AvgIpc) is 2.64. The standard InChI is InChI=1S/C23H31N3O4S/c1-17-12-14-18(15-13-17)26(31(5,29)30)16-8-11-21(27)24-20-10-7-6-9-19(20)22(28)25-23(2,3)4/h6-7,9-10,12-15H,8,11,16H2,1-5H3,(H,24,27)(H,25,28). The average molecular weight is 446 g/mol. The second-order valence-electron chi connectivity index (χ2n) is 8.57. The summed E-state index contributed by atoms with van der Waals surface area (Å²) in [5, 5.41) is 5.65. The third-order valence-electron chi connectivity index (χ3n) is 4.42. The number of nitrogens with one attached hydrogen (secondary N) is 2. The Labute approximate surface area is 184 Å². The van der Waals surface area contributed by atoms with Gasteiger partial charge in [-0.05, 0) is 58.4 Å². The van der Waals surface area contributed by atoms with Crippen molar-refractivity contribution in [1.29, 1.82) is 0 Å². The van der Waals surface area contributed by atoms with E-state index in [-0.39, 0.29) is 24.8 Å². The van der Waals surface area contributed by atoms with Gasteiger partial charge < -0.3 is 10.6 Å². The quantitative estimate of drug-likeness (QED) is 0.647. The summed E-state index contributed by atoms with van der Waals surface area (Å²) < 4.78 is 25.7. The molecule has 0 heterocycles. The molecule has 0 aliphatic heterocycles. The third-order valence-corrected chi connectivity index (χ3v) is 5.62. The fourth-order valence-electron chi connectivity index (χ4n) is 2.99. The molecule has 0 unspecified atom stereocenters. The Morgan fingerprint density at radius 1 is 1.00 bits per heavy atom. The van der Waals surface area contributed by atoms with E-state index in [9.17, 15) is 18.0 Å². The number of benzene rings is 2. The van der Waals surface area contributed by atoms with Crippen molar-refractivity contribution in [3.63, 3.8) is 0 Å². The molecule has 0 saturated carbocycles. The lowest BCUT2D eigenvalue weighted by Gasteiger charge is -2.23. The molecular weight excluding hydrogens is 414 g/mol. The Morgan fingerprint density at radius 3 is 2.19 bits per heavy atom. The number of amides is 2. The Morgan fingerprint density at radius 2 is 1.61 bits per heavy atom. The third kappa shape index (κ3) is 7.71. The Kier molecular flexibility index (Phi) is 7.84. The number of carbonyl (C=O) groups excluding carboxylic acids is 2. The molecule has 2 rings (SSSR count). The summed E-state index contributed by atoms with van der Waals surface area (Å²) >= 11 is 0. The van der Waals surface area contributed by atoms with Gasteiger partial charge in [-0.25, -0.2) is 8.42 Å². The smallest absolute Gasteiger partial charge is 0.253 e. The number of anilines is 2. The van der Waals surface area contributed by atoms with Crippen LogP contribution in [0.15, 0.2) is 48.5 Å². The second kappa shape index (κ2) is 9.96. The van der Waals surface area contributed by atoms with Crippen molar-refractivity contribution >= 4 is 33.2 Å². The predicted molar refractivity (Wildman–Crippen MR) is 125 cm³/mol. The van der Waals surface area contributed by atoms with Gasteiger partial charge in [-0.2, -0.15) is 0 Å². The van der Waals surface area contributed by atoms with Crippen LogP contribution in [0, 0.1) is 6.92 Å². The maximum atomic E-state index is 12.5. The van der Waals surface area contributed by atoms with Crippen LogP contribution in [0.25, 0.3) is 0 Å². The van der Waals surface area contributed by atoms with Gasteiger partial charge in [0.25, 0.3) is 5.91 Å². The van der Waals surface area contributed by atoms with Gasteiger partial charge in [0.2, 0.25) is 15.9 Å². The molecule has 0 radical (unpaired) electrons. The summed E-state index contributed by atoms with van der Waals surface area (Å²) in [7, 11) is -3.47. The zero-order valence-electron chi connectivity index (χ0n) is 18.7. The first-order valence-corrected chi connectivity index (χ1v) is 12.0. The van der Waals surface area contributed by atoms with Crippen LogP contribution in [-0.4, -0.2) is 38.6 Å². The molecule has 2 amide bonds. The second-order valence-corrected chi connectivity index (χ2v) is 10.5. The normalized spacial score (nSPS) is 11.6. The van der Waals surface area contributed by atoms with Crippen LogP contribution in [0.5, 0.6) is 0 Å². The van der Waals surface area contributed by atoms with Crippen molar-refractivity contribution in [3.05, 3.63) is 59.7 Å². The van der Waals surface area contributed by atoms with Crippen molar-refractivity contribution in [3.8, 4) is 0 Å². The first kappa shape index (κ1) is 24.4. The maximum Gasteiger partial charge on any atom is 0.253 e. The first-order valence-electron chi connectivity index (χ1n) is 10.1. The predicted octanol–water partition coefficient (Wildman–Crippen LogP) is 3.71. The molecule has 0 fully saturated rings.